The maximum atomic E-state index is 12.4. The molecule has 25 heavy (non-hydrogen) atoms. The molecule has 1 fully saturated rings. The summed E-state index contributed by atoms with van der Waals surface area (Å²) in [6.07, 6.45) is 1.35. The van der Waals surface area contributed by atoms with Gasteiger partial charge in [-0.3, -0.25) is 4.79 Å². The zero-order valence-electron chi connectivity index (χ0n) is 15.2. The smallest absolute Gasteiger partial charge is 0.318 e. The minimum Gasteiger partial charge on any atom is -0.408 e. The van der Waals surface area contributed by atoms with Gasteiger partial charge in [-0.2, -0.15) is 0 Å². The standard InChI is InChI=1S/C19H26N4O2/c1-14(2)18-20-21-19(25-18)23-12-10-22(11-13-23)17(24)9-8-16-6-4-15(3)5-7-16/h4-7,14H,8-13H2,1-3H3. The van der Waals surface area contributed by atoms with Crippen LogP contribution in [0.3, 0.4) is 0 Å². The van der Waals surface area contributed by atoms with Gasteiger partial charge in [-0.05, 0) is 18.9 Å². The molecule has 3 rings (SSSR count). The fourth-order valence-corrected chi connectivity index (χ4v) is 2.90. The molecule has 0 radical (unpaired) electrons. The summed E-state index contributed by atoms with van der Waals surface area (Å²) in [7, 11) is 0. The van der Waals surface area contributed by atoms with Crippen molar-refractivity contribution in [2.75, 3.05) is 31.1 Å². The van der Waals surface area contributed by atoms with Gasteiger partial charge in [0.1, 0.15) is 0 Å². The third kappa shape index (κ3) is 4.38. The van der Waals surface area contributed by atoms with E-state index in [1.807, 2.05) is 18.7 Å². The van der Waals surface area contributed by atoms with E-state index in [9.17, 15) is 4.79 Å². The highest BCUT2D eigenvalue weighted by atomic mass is 16.4. The first-order valence-electron chi connectivity index (χ1n) is 8.94. The first kappa shape index (κ1) is 17.5. The fraction of sp³-hybridized carbons (Fsp3) is 0.526. The summed E-state index contributed by atoms with van der Waals surface area (Å²) in [4.78, 5) is 16.4. The highest BCUT2D eigenvalue weighted by Crippen LogP contribution is 2.19. The number of hydrogen-bond donors (Lipinski definition) is 0. The third-order valence-corrected chi connectivity index (χ3v) is 4.57. The Kier molecular flexibility index (Phi) is 5.36. The van der Waals surface area contributed by atoms with Crippen LogP contribution in [-0.2, 0) is 11.2 Å². The molecule has 134 valence electrons. The van der Waals surface area contributed by atoms with Crippen molar-refractivity contribution in [1.29, 1.82) is 0 Å². The molecule has 0 atom stereocenters. The third-order valence-electron chi connectivity index (χ3n) is 4.57. The highest BCUT2D eigenvalue weighted by Gasteiger charge is 2.24. The molecule has 0 N–H and O–H groups in total. The molecule has 0 spiro atoms. The van der Waals surface area contributed by atoms with Gasteiger partial charge in [0.25, 0.3) is 0 Å². The minimum absolute atomic E-state index is 0.216. The number of aromatic nitrogens is 2. The molecule has 0 aliphatic carbocycles. The van der Waals surface area contributed by atoms with E-state index in [0.717, 1.165) is 19.5 Å². The fourth-order valence-electron chi connectivity index (χ4n) is 2.90. The van der Waals surface area contributed by atoms with E-state index in [1.165, 1.54) is 11.1 Å². The summed E-state index contributed by atoms with van der Waals surface area (Å²) in [6.45, 7) is 9.00. The van der Waals surface area contributed by atoms with Crippen molar-refractivity contribution in [2.24, 2.45) is 0 Å². The Morgan fingerprint density at radius 2 is 1.80 bits per heavy atom. The van der Waals surface area contributed by atoms with E-state index in [2.05, 4.69) is 46.3 Å². The number of hydrogen-bond acceptors (Lipinski definition) is 5. The second-order valence-electron chi connectivity index (χ2n) is 6.93. The summed E-state index contributed by atoms with van der Waals surface area (Å²) in [5.41, 5.74) is 2.46. The van der Waals surface area contributed by atoms with Crippen LogP contribution in [0.15, 0.2) is 28.7 Å². The molecular formula is C19H26N4O2. The Bertz CT molecular complexity index is 700. The largest absolute Gasteiger partial charge is 0.408 e. The lowest BCUT2D eigenvalue weighted by Gasteiger charge is -2.33. The van der Waals surface area contributed by atoms with Crippen molar-refractivity contribution in [1.82, 2.24) is 15.1 Å². The Morgan fingerprint density at radius 1 is 1.12 bits per heavy atom. The van der Waals surface area contributed by atoms with Crippen molar-refractivity contribution in [2.45, 2.75) is 39.5 Å². The van der Waals surface area contributed by atoms with Crippen LogP contribution >= 0.6 is 0 Å². The molecule has 1 aromatic heterocycles. The SMILES string of the molecule is Cc1ccc(CCC(=O)N2CCN(c3nnc(C(C)C)o3)CC2)cc1. The van der Waals surface area contributed by atoms with Crippen molar-refractivity contribution in [3.63, 3.8) is 0 Å². The van der Waals surface area contributed by atoms with Gasteiger partial charge in [-0.25, -0.2) is 0 Å². The van der Waals surface area contributed by atoms with Crippen LogP contribution in [0, 0.1) is 6.92 Å². The summed E-state index contributed by atoms with van der Waals surface area (Å²) in [5.74, 6) is 1.10. The normalized spacial score (nSPS) is 15.0. The van der Waals surface area contributed by atoms with Crippen LogP contribution in [0.1, 0.15) is 43.2 Å². The molecular weight excluding hydrogens is 316 g/mol. The first-order valence-corrected chi connectivity index (χ1v) is 8.94. The highest BCUT2D eigenvalue weighted by molar-refractivity contribution is 5.76. The lowest BCUT2D eigenvalue weighted by molar-refractivity contribution is -0.131. The van der Waals surface area contributed by atoms with Gasteiger partial charge in [-0.1, -0.05) is 48.8 Å². The molecule has 6 heteroatoms. The van der Waals surface area contributed by atoms with Crippen molar-refractivity contribution in [3.05, 3.63) is 41.3 Å². The Labute approximate surface area is 148 Å². The zero-order chi connectivity index (χ0) is 17.8. The van der Waals surface area contributed by atoms with E-state index in [0.29, 0.717) is 31.4 Å². The summed E-state index contributed by atoms with van der Waals surface area (Å²) < 4.78 is 5.70. The van der Waals surface area contributed by atoms with Crippen LogP contribution < -0.4 is 4.90 Å². The molecule has 0 bridgehead atoms. The van der Waals surface area contributed by atoms with Gasteiger partial charge in [0.2, 0.25) is 11.8 Å². The van der Waals surface area contributed by atoms with E-state index in [4.69, 9.17) is 4.42 Å². The van der Waals surface area contributed by atoms with E-state index in [1.54, 1.807) is 0 Å². The average molecular weight is 342 g/mol. The van der Waals surface area contributed by atoms with E-state index < -0.39 is 0 Å². The van der Waals surface area contributed by atoms with E-state index >= 15 is 0 Å². The monoisotopic (exact) mass is 342 g/mol. The lowest BCUT2D eigenvalue weighted by Crippen LogP contribution is -2.49. The second kappa shape index (κ2) is 7.68. The van der Waals surface area contributed by atoms with Crippen LogP contribution in [0.2, 0.25) is 0 Å². The number of benzene rings is 1. The van der Waals surface area contributed by atoms with Gasteiger partial charge in [0.15, 0.2) is 0 Å². The Balaban J connectivity index is 1.47. The maximum Gasteiger partial charge on any atom is 0.318 e. The molecule has 0 unspecified atom stereocenters. The van der Waals surface area contributed by atoms with Crippen LogP contribution in [0.4, 0.5) is 6.01 Å². The lowest BCUT2D eigenvalue weighted by atomic mass is 10.1. The molecule has 6 nitrogen and oxygen atoms in total. The topological polar surface area (TPSA) is 62.5 Å². The van der Waals surface area contributed by atoms with Gasteiger partial charge >= 0.3 is 6.01 Å². The maximum absolute atomic E-state index is 12.4. The predicted molar refractivity (Wildman–Crippen MR) is 96.7 cm³/mol. The number of carbonyl (C=O) groups is 1. The van der Waals surface area contributed by atoms with Crippen LogP contribution in [-0.4, -0.2) is 47.2 Å². The number of carbonyl (C=O) groups excluding carboxylic acids is 1. The summed E-state index contributed by atoms with van der Waals surface area (Å²) in [6, 6.07) is 8.95. The molecule has 1 aliphatic heterocycles. The summed E-state index contributed by atoms with van der Waals surface area (Å²) in [5, 5.41) is 8.20. The minimum atomic E-state index is 0.216. The number of amides is 1. The van der Waals surface area contributed by atoms with Gasteiger partial charge in [0, 0.05) is 38.5 Å². The van der Waals surface area contributed by atoms with Crippen molar-refractivity contribution < 1.29 is 9.21 Å². The molecule has 0 saturated carbocycles. The zero-order valence-corrected chi connectivity index (χ0v) is 15.2. The van der Waals surface area contributed by atoms with Gasteiger partial charge in [0.05, 0.1) is 0 Å². The molecule has 1 amide bonds. The second-order valence-corrected chi connectivity index (χ2v) is 6.93. The van der Waals surface area contributed by atoms with E-state index in [-0.39, 0.29) is 11.8 Å². The van der Waals surface area contributed by atoms with Gasteiger partial charge in [-0.15, -0.1) is 5.10 Å². The number of anilines is 1. The number of rotatable bonds is 5. The average Bonchev–Trinajstić information content (AvgIpc) is 3.11. The van der Waals surface area contributed by atoms with Crippen LogP contribution in [0.25, 0.3) is 0 Å². The number of aryl methyl sites for hydroxylation is 2. The molecule has 1 aromatic carbocycles. The Morgan fingerprint density at radius 3 is 2.40 bits per heavy atom. The van der Waals surface area contributed by atoms with Gasteiger partial charge < -0.3 is 14.2 Å². The predicted octanol–water partition coefficient (Wildman–Crippen LogP) is 2.78. The van der Waals surface area contributed by atoms with Crippen LogP contribution in [0.5, 0.6) is 0 Å². The van der Waals surface area contributed by atoms with Crippen molar-refractivity contribution >= 4 is 11.9 Å². The molecule has 2 heterocycles. The Hall–Kier alpha value is -2.37. The summed E-state index contributed by atoms with van der Waals surface area (Å²) >= 11 is 0. The molecule has 1 saturated heterocycles. The molecule has 2 aromatic rings. The first-order chi connectivity index (χ1) is 12.0. The quantitative estimate of drug-likeness (QED) is 0.836. The molecule has 1 aliphatic rings. The van der Waals surface area contributed by atoms with Crippen molar-refractivity contribution in [3.8, 4) is 0 Å². The number of nitrogens with zero attached hydrogens (tertiary/aromatic N) is 4. The number of piperazine rings is 1.